The molecule has 0 fully saturated rings. The molecule has 0 saturated carbocycles. The Labute approximate surface area is 188 Å². The molecule has 0 bridgehead atoms. The van der Waals surface area contributed by atoms with E-state index in [4.69, 9.17) is 9.15 Å². The normalized spacial score (nSPS) is 11.1. The molecule has 1 heterocycles. The lowest BCUT2D eigenvalue weighted by Crippen LogP contribution is -2.14. The molecule has 0 aliphatic heterocycles. The standard InChI is InChI=1S/C20H20N4O6S2/c1-3-29-19(26)14-5-4-6-16(11-14)21-17(25)12-31-20-23-22-18(30-20)13-7-9-15(10-8-13)24-32(2,27)28/h4-11,24H,3,12H2,1-2H3,(H,21,25). The van der Waals surface area contributed by atoms with Crippen molar-refractivity contribution in [2.45, 2.75) is 12.1 Å². The van der Waals surface area contributed by atoms with Gasteiger partial charge in [0.25, 0.3) is 5.22 Å². The molecule has 1 aromatic heterocycles. The number of hydrogen-bond donors (Lipinski definition) is 2. The highest BCUT2D eigenvalue weighted by molar-refractivity contribution is 7.99. The van der Waals surface area contributed by atoms with Gasteiger partial charge in [0.2, 0.25) is 21.8 Å². The van der Waals surface area contributed by atoms with E-state index in [0.717, 1.165) is 18.0 Å². The minimum Gasteiger partial charge on any atom is -0.462 e. The average molecular weight is 477 g/mol. The van der Waals surface area contributed by atoms with Gasteiger partial charge in [-0.25, -0.2) is 13.2 Å². The van der Waals surface area contributed by atoms with Crippen LogP contribution in [0.4, 0.5) is 11.4 Å². The number of amides is 1. The first-order valence-electron chi connectivity index (χ1n) is 9.35. The summed E-state index contributed by atoms with van der Waals surface area (Å²) in [5.41, 5.74) is 1.82. The third-order valence-corrected chi connectivity index (χ3v) is 5.25. The van der Waals surface area contributed by atoms with Crippen LogP contribution in [0.25, 0.3) is 11.5 Å². The number of carbonyl (C=O) groups is 2. The number of thioether (sulfide) groups is 1. The van der Waals surface area contributed by atoms with Crippen molar-refractivity contribution < 1.29 is 27.2 Å². The Morgan fingerprint density at radius 2 is 1.84 bits per heavy atom. The van der Waals surface area contributed by atoms with Gasteiger partial charge in [0, 0.05) is 16.9 Å². The topological polar surface area (TPSA) is 140 Å². The molecule has 2 aromatic carbocycles. The van der Waals surface area contributed by atoms with Gasteiger partial charge in [-0.1, -0.05) is 17.8 Å². The maximum atomic E-state index is 12.2. The van der Waals surface area contributed by atoms with Crippen molar-refractivity contribution in [3.05, 3.63) is 54.1 Å². The first-order valence-corrected chi connectivity index (χ1v) is 12.2. The van der Waals surface area contributed by atoms with Crippen molar-refractivity contribution in [3.63, 3.8) is 0 Å². The van der Waals surface area contributed by atoms with Crippen LogP contribution in [-0.2, 0) is 19.6 Å². The lowest BCUT2D eigenvalue weighted by Gasteiger charge is -2.06. The number of carbonyl (C=O) groups excluding carboxylic acids is 2. The first-order chi connectivity index (χ1) is 15.2. The van der Waals surface area contributed by atoms with Gasteiger partial charge in [-0.05, 0) is 49.4 Å². The number of sulfonamides is 1. The number of ether oxygens (including phenoxy) is 1. The molecule has 32 heavy (non-hydrogen) atoms. The van der Waals surface area contributed by atoms with Crippen molar-refractivity contribution in [1.29, 1.82) is 0 Å². The molecular weight excluding hydrogens is 456 g/mol. The Hall–Kier alpha value is -3.38. The van der Waals surface area contributed by atoms with E-state index in [2.05, 4.69) is 20.2 Å². The summed E-state index contributed by atoms with van der Waals surface area (Å²) >= 11 is 1.06. The van der Waals surface area contributed by atoms with E-state index >= 15 is 0 Å². The fraction of sp³-hybridized carbons (Fsp3) is 0.200. The maximum absolute atomic E-state index is 12.2. The Morgan fingerprint density at radius 3 is 2.53 bits per heavy atom. The molecule has 3 rings (SSSR count). The largest absolute Gasteiger partial charge is 0.462 e. The highest BCUT2D eigenvalue weighted by Gasteiger charge is 2.13. The van der Waals surface area contributed by atoms with Gasteiger partial charge in [0.05, 0.1) is 24.2 Å². The van der Waals surface area contributed by atoms with Gasteiger partial charge in [0.1, 0.15) is 0 Å². The zero-order valence-corrected chi connectivity index (χ0v) is 18.8. The molecule has 0 atom stereocenters. The highest BCUT2D eigenvalue weighted by Crippen LogP contribution is 2.25. The molecule has 0 aliphatic carbocycles. The summed E-state index contributed by atoms with van der Waals surface area (Å²) in [7, 11) is -3.36. The van der Waals surface area contributed by atoms with Crippen molar-refractivity contribution in [3.8, 4) is 11.5 Å². The Kier molecular flexibility index (Phi) is 7.49. The Balaban J connectivity index is 1.55. The smallest absolute Gasteiger partial charge is 0.338 e. The lowest BCUT2D eigenvalue weighted by atomic mass is 10.2. The van der Waals surface area contributed by atoms with Crippen LogP contribution in [-0.4, -0.2) is 49.1 Å². The average Bonchev–Trinajstić information content (AvgIpc) is 3.21. The molecular formula is C20H20N4O6S2. The molecule has 168 valence electrons. The van der Waals surface area contributed by atoms with Gasteiger partial charge in [-0.15, -0.1) is 10.2 Å². The number of anilines is 2. The molecule has 0 unspecified atom stereocenters. The summed E-state index contributed by atoms with van der Waals surface area (Å²) in [6.45, 7) is 1.98. The predicted octanol–water partition coefficient (Wildman–Crippen LogP) is 3.02. The maximum Gasteiger partial charge on any atom is 0.338 e. The second kappa shape index (κ2) is 10.3. The third kappa shape index (κ3) is 6.82. The van der Waals surface area contributed by atoms with Gasteiger partial charge in [0.15, 0.2) is 0 Å². The van der Waals surface area contributed by atoms with Gasteiger partial charge in [-0.3, -0.25) is 9.52 Å². The van der Waals surface area contributed by atoms with Crippen LogP contribution in [0.1, 0.15) is 17.3 Å². The summed E-state index contributed by atoms with van der Waals surface area (Å²) in [6, 6.07) is 12.9. The minimum atomic E-state index is -3.36. The number of aromatic nitrogens is 2. The summed E-state index contributed by atoms with van der Waals surface area (Å²) in [4.78, 5) is 24.0. The first kappa shape index (κ1) is 23.3. The Bertz CT molecular complexity index is 1210. The van der Waals surface area contributed by atoms with Gasteiger partial charge < -0.3 is 14.5 Å². The second-order valence-corrected chi connectivity index (χ2v) is 9.14. The third-order valence-electron chi connectivity index (χ3n) is 3.83. The fourth-order valence-electron chi connectivity index (χ4n) is 2.54. The van der Waals surface area contributed by atoms with E-state index in [1.54, 1.807) is 49.4 Å². The Morgan fingerprint density at radius 1 is 1.09 bits per heavy atom. The van der Waals surface area contributed by atoms with E-state index in [1.165, 1.54) is 6.07 Å². The van der Waals surface area contributed by atoms with E-state index in [0.29, 0.717) is 22.5 Å². The zero-order chi connectivity index (χ0) is 23.1. The number of benzene rings is 2. The van der Waals surface area contributed by atoms with Crippen molar-refractivity contribution in [2.24, 2.45) is 0 Å². The number of nitrogens with one attached hydrogen (secondary N) is 2. The highest BCUT2D eigenvalue weighted by atomic mass is 32.2. The van der Waals surface area contributed by atoms with Gasteiger partial charge in [-0.2, -0.15) is 0 Å². The van der Waals surface area contributed by atoms with E-state index in [9.17, 15) is 18.0 Å². The molecule has 2 N–H and O–H groups in total. The fourth-order valence-corrected chi connectivity index (χ4v) is 3.67. The quantitative estimate of drug-likeness (QED) is 0.352. The molecule has 0 aliphatic rings. The molecule has 10 nitrogen and oxygen atoms in total. The van der Waals surface area contributed by atoms with E-state index in [-0.39, 0.29) is 29.4 Å². The van der Waals surface area contributed by atoms with Crippen LogP contribution >= 0.6 is 11.8 Å². The summed E-state index contributed by atoms with van der Waals surface area (Å²) in [6.07, 6.45) is 1.07. The van der Waals surface area contributed by atoms with E-state index < -0.39 is 16.0 Å². The molecule has 12 heteroatoms. The second-order valence-electron chi connectivity index (χ2n) is 6.46. The van der Waals surface area contributed by atoms with Gasteiger partial charge >= 0.3 is 5.97 Å². The van der Waals surface area contributed by atoms with Crippen LogP contribution < -0.4 is 10.0 Å². The zero-order valence-electron chi connectivity index (χ0n) is 17.2. The summed E-state index contributed by atoms with van der Waals surface area (Å²) < 4.78 is 35.4. The van der Waals surface area contributed by atoms with Crippen LogP contribution in [0.3, 0.4) is 0 Å². The minimum absolute atomic E-state index is 0.0164. The molecule has 0 radical (unpaired) electrons. The predicted molar refractivity (Wildman–Crippen MR) is 120 cm³/mol. The SMILES string of the molecule is CCOC(=O)c1cccc(NC(=O)CSc2nnc(-c3ccc(NS(C)(=O)=O)cc3)o2)c1. The van der Waals surface area contributed by atoms with Crippen LogP contribution in [0.5, 0.6) is 0 Å². The lowest BCUT2D eigenvalue weighted by molar-refractivity contribution is -0.113. The molecule has 0 saturated heterocycles. The van der Waals surface area contributed by atoms with Crippen LogP contribution in [0, 0.1) is 0 Å². The number of hydrogen-bond acceptors (Lipinski definition) is 9. The van der Waals surface area contributed by atoms with E-state index in [1.807, 2.05) is 0 Å². The number of nitrogens with zero attached hydrogens (tertiary/aromatic N) is 2. The van der Waals surface area contributed by atoms with Crippen molar-refractivity contribution >= 4 is 45.0 Å². The monoisotopic (exact) mass is 476 g/mol. The number of rotatable bonds is 9. The number of esters is 1. The van der Waals surface area contributed by atoms with Crippen LogP contribution in [0.15, 0.2) is 58.2 Å². The summed E-state index contributed by atoms with van der Waals surface area (Å²) in [5.74, 6) is -0.521. The molecule has 0 spiro atoms. The van der Waals surface area contributed by atoms with Crippen LogP contribution in [0.2, 0.25) is 0 Å². The molecule has 1 amide bonds. The van der Waals surface area contributed by atoms with Crippen molar-refractivity contribution in [2.75, 3.05) is 28.7 Å². The molecule has 3 aromatic rings. The summed E-state index contributed by atoms with van der Waals surface area (Å²) in [5, 5.41) is 10.7. The van der Waals surface area contributed by atoms with Crippen molar-refractivity contribution in [1.82, 2.24) is 10.2 Å².